The van der Waals surface area contributed by atoms with Crippen molar-refractivity contribution in [2.75, 3.05) is 0 Å². The standard InChI is InChI=1S/C7H7BrNOS.BrH/c8-5-1-2-9-3-4-11-7(9)6(5)10;/h2-5,7H,1H2;1H/q+1;. The van der Waals surface area contributed by atoms with Gasteiger partial charge >= 0.3 is 0 Å². The fraction of sp³-hybridized carbons (Fsp3) is 0.429. The number of rotatable bonds is 0. The van der Waals surface area contributed by atoms with Crippen molar-refractivity contribution in [1.29, 1.82) is 0 Å². The number of fused-ring (bicyclic) bond motifs is 1. The first kappa shape index (κ1) is 10.5. The van der Waals surface area contributed by atoms with Gasteiger partial charge in [0.25, 0.3) is 5.37 Å². The number of nitrogens with zero attached hydrogens (tertiary/aromatic N) is 1. The highest BCUT2D eigenvalue weighted by Crippen LogP contribution is 2.27. The monoisotopic (exact) mass is 312 g/mol. The van der Waals surface area contributed by atoms with Gasteiger partial charge < -0.3 is 0 Å². The predicted octanol–water partition coefficient (Wildman–Crippen LogP) is 1.93. The summed E-state index contributed by atoms with van der Waals surface area (Å²) in [7, 11) is 0. The molecule has 0 aromatic carbocycles. The lowest BCUT2D eigenvalue weighted by Gasteiger charge is -2.13. The summed E-state index contributed by atoms with van der Waals surface area (Å²) in [6, 6.07) is 0. The van der Waals surface area contributed by atoms with Crippen molar-refractivity contribution in [2.45, 2.75) is 16.6 Å². The van der Waals surface area contributed by atoms with Crippen LogP contribution in [0.2, 0.25) is 0 Å². The van der Waals surface area contributed by atoms with E-state index in [1.54, 1.807) is 11.8 Å². The molecule has 5 heteroatoms. The summed E-state index contributed by atoms with van der Waals surface area (Å²) < 4.78 is 1.98. The molecule has 0 fully saturated rings. The second kappa shape index (κ2) is 4.07. The molecule has 0 N–H and O–H groups in total. The molecule has 0 bridgehead atoms. The third-order valence-electron chi connectivity index (χ3n) is 1.79. The highest BCUT2D eigenvalue weighted by molar-refractivity contribution is 9.10. The van der Waals surface area contributed by atoms with Crippen molar-refractivity contribution >= 4 is 56.7 Å². The molecule has 2 aliphatic heterocycles. The van der Waals surface area contributed by atoms with Crippen molar-refractivity contribution in [3.8, 4) is 0 Å². The third-order valence-corrected chi connectivity index (χ3v) is 3.62. The molecule has 12 heavy (non-hydrogen) atoms. The minimum Gasteiger partial charge on any atom is -0.290 e. The average Bonchev–Trinajstić information content (AvgIpc) is 2.45. The second-order valence-electron chi connectivity index (χ2n) is 2.51. The van der Waals surface area contributed by atoms with E-state index in [4.69, 9.17) is 0 Å². The summed E-state index contributed by atoms with van der Waals surface area (Å²) in [5.74, 6) is 0.280. The lowest BCUT2D eigenvalue weighted by Crippen LogP contribution is -2.37. The van der Waals surface area contributed by atoms with Crippen LogP contribution in [0.3, 0.4) is 0 Å². The highest BCUT2D eigenvalue weighted by Gasteiger charge is 2.39. The summed E-state index contributed by atoms with van der Waals surface area (Å²) in [6.07, 6.45) is 4.81. The molecule has 2 nitrogen and oxygen atoms in total. The zero-order chi connectivity index (χ0) is 7.84. The Balaban J connectivity index is 0.000000720. The summed E-state index contributed by atoms with van der Waals surface area (Å²) in [6.45, 7) is 0. The Bertz CT molecular complexity index is 264. The maximum atomic E-state index is 11.4. The summed E-state index contributed by atoms with van der Waals surface area (Å²) in [5, 5.41) is 1.97. The molecule has 0 aromatic rings. The Kier molecular flexibility index (Phi) is 3.55. The average molecular weight is 314 g/mol. The molecule has 0 amide bonds. The molecule has 0 radical (unpaired) electrons. The van der Waals surface area contributed by atoms with Crippen molar-refractivity contribution in [3.63, 3.8) is 0 Å². The van der Waals surface area contributed by atoms with E-state index in [0.29, 0.717) is 0 Å². The van der Waals surface area contributed by atoms with Crippen LogP contribution in [0.15, 0.2) is 11.6 Å². The number of carbonyl (C=O) groups excluding carboxylic acids is 1. The molecular formula is C7H8Br2NOS+. The number of alkyl halides is 1. The van der Waals surface area contributed by atoms with E-state index >= 15 is 0 Å². The van der Waals surface area contributed by atoms with Crippen molar-refractivity contribution < 1.29 is 9.37 Å². The zero-order valence-corrected chi connectivity index (χ0v) is 10.3. The first-order valence-corrected chi connectivity index (χ1v) is 5.25. The molecule has 2 atom stereocenters. The van der Waals surface area contributed by atoms with Gasteiger partial charge in [-0.1, -0.05) is 15.9 Å². The number of ketones is 1. The molecule has 0 spiro atoms. The normalized spacial score (nSPS) is 32.4. The van der Waals surface area contributed by atoms with Crippen LogP contribution in [-0.4, -0.2) is 26.8 Å². The molecule has 2 unspecified atom stereocenters. The number of Topliss-reactive ketones (excluding diaryl/α,β-unsaturated/α-hetero) is 1. The van der Waals surface area contributed by atoms with Crippen LogP contribution in [0.4, 0.5) is 0 Å². The fourth-order valence-electron chi connectivity index (χ4n) is 1.18. The van der Waals surface area contributed by atoms with Gasteiger partial charge in [0.1, 0.15) is 6.21 Å². The molecule has 0 aromatic heterocycles. The number of hydrogen-bond donors (Lipinski definition) is 0. The van der Waals surface area contributed by atoms with E-state index in [1.165, 1.54) is 0 Å². The van der Waals surface area contributed by atoms with Gasteiger partial charge in [0, 0.05) is 11.8 Å². The van der Waals surface area contributed by atoms with Crippen LogP contribution in [0.25, 0.3) is 0 Å². The van der Waals surface area contributed by atoms with Crippen LogP contribution in [-0.2, 0) is 4.79 Å². The van der Waals surface area contributed by atoms with E-state index in [9.17, 15) is 4.79 Å². The SMILES string of the molecule is Br.O=C1C(Br)CC=[N+]2C=CSC12. The lowest BCUT2D eigenvalue weighted by molar-refractivity contribution is -0.454. The smallest absolute Gasteiger partial charge is 0.267 e. The lowest BCUT2D eigenvalue weighted by atomic mass is 10.2. The Morgan fingerprint density at radius 3 is 3.17 bits per heavy atom. The quantitative estimate of drug-likeness (QED) is 0.503. The zero-order valence-electron chi connectivity index (χ0n) is 6.14. The molecule has 66 valence electrons. The van der Waals surface area contributed by atoms with Crippen LogP contribution < -0.4 is 0 Å². The number of hydrogen-bond acceptors (Lipinski definition) is 2. The van der Waals surface area contributed by atoms with Gasteiger partial charge in [-0.2, -0.15) is 4.58 Å². The van der Waals surface area contributed by atoms with Crippen LogP contribution in [0, 0.1) is 0 Å². The van der Waals surface area contributed by atoms with Gasteiger partial charge in [0.05, 0.1) is 4.83 Å². The molecule has 2 heterocycles. The van der Waals surface area contributed by atoms with E-state index in [0.717, 1.165) is 6.42 Å². The third kappa shape index (κ3) is 1.67. The topological polar surface area (TPSA) is 20.1 Å². The number of halogens is 2. The van der Waals surface area contributed by atoms with Crippen molar-refractivity contribution in [3.05, 3.63) is 11.6 Å². The van der Waals surface area contributed by atoms with Crippen LogP contribution in [0.1, 0.15) is 6.42 Å². The van der Waals surface area contributed by atoms with E-state index < -0.39 is 0 Å². The summed E-state index contributed by atoms with van der Waals surface area (Å²) in [4.78, 5) is 11.5. The predicted molar refractivity (Wildman–Crippen MR) is 59.5 cm³/mol. The van der Waals surface area contributed by atoms with Gasteiger partial charge in [0.2, 0.25) is 5.78 Å². The van der Waals surface area contributed by atoms with Gasteiger partial charge in [-0.3, -0.25) is 4.79 Å². The number of carbonyl (C=O) groups is 1. The van der Waals surface area contributed by atoms with E-state index in [2.05, 4.69) is 22.1 Å². The Labute approximate surface area is 94.0 Å². The molecule has 2 rings (SSSR count). The first-order chi connectivity index (χ1) is 5.29. The second-order valence-corrected chi connectivity index (χ2v) is 4.61. The van der Waals surface area contributed by atoms with Crippen LogP contribution >= 0.6 is 44.7 Å². The molecule has 0 aliphatic carbocycles. The van der Waals surface area contributed by atoms with Gasteiger partial charge in [-0.25, -0.2) is 0 Å². The Morgan fingerprint density at radius 1 is 1.67 bits per heavy atom. The summed E-state index contributed by atoms with van der Waals surface area (Å²) >= 11 is 4.91. The fourth-order valence-corrected chi connectivity index (χ4v) is 2.73. The van der Waals surface area contributed by atoms with Crippen LogP contribution in [0.5, 0.6) is 0 Å². The van der Waals surface area contributed by atoms with E-state index in [1.807, 2.05) is 16.2 Å². The minimum atomic E-state index is 0. The minimum absolute atomic E-state index is 0. The Morgan fingerprint density at radius 2 is 2.42 bits per heavy atom. The van der Waals surface area contributed by atoms with Gasteiger partial charge in [-0.05, 0) is 11.8 Å². The molecule has 2 aliphatic rings. The van der Waals surface area contributed by atoms with E-state index in [-0.39, 0.29) is 33.0 Å². The number of thioether (sulfide) groups is 1. The summed E-state index contributed by atoms with van der Waals surface area (Å²) in [5.41, 5.74) is 0. The maximum Gasteiger partial charge on any atom is 0.267 e. The maximum absolute atomic E-state index is 11.4. The molecule has 0 saturated heterocycles. The van der Waals surface area contributed by atoms with Gasteiger partial charge in [0.15, 0.2) is 6.20 Å². The highest BCUT2D eigenvalue weighted by atomic mass is 79.9. The van der Waals surface area contributed by atoms with Crippen molar-refractivity contribution in [1.82, 2.24) is 0 Å². The first-order valence-electron chi connectivity index (χ1n) is 3.40. The molecule has 0 saturated carbocycles. The largest absolute Gasteiger partial charge is 0.290 e. The Hall–Kier alpha value is 0.390. The van der Waals surface area contributed by atoms with Crippen molar-refractivity contribution in [2.24, 2.45) is 0 Å². The molecular weight excluding hydrogens is 306 g/mol. The van der Waals surface area contributed by atoms with Gasteiger partial charge in [-0.15, -0.1) is 17.0 Å².